The normalized spacial score (nSPS) is 11.2. The van der Waals surface area contributed by atoms with Gasteiger partial charge in [-0.15, -0.1) is 0 Å². The van der Waals surface area contributed by atoms with E-state index in [1.54, 1.807) is 29.7 Å². The van der Waals surface area contributed by atoms with Crippen LogP contribution in [-0.2, 0) is 0 Å². The summed E-state index contributed by atoms with van der Waals surface area (Å²) < 4.78 is 31.5. The first kappa shape index (κ1) is 13.5. The van der Waals surface area contributed by atoms with E-state index in [2.05, 4.69) is 4.98 Å². The minimum Gasteiger partial charge on any atom is -0.485 e. The lowest BCUT2D eigenvalue weighted by Gasteiger charge is -2.12. The van der Waals surface area contributed by atoms with Gasteiger partial charge in [-0.3, -0.25) is 9.20 Å². The van der Waals surface area contributed by atoms with Crippen molar-refractivity contribution in [1.82, 2.24) is 9.38 Å². The molecule has 0 aromatic carbocycles. The van der Waals surface area contributed by atoms with Crippen molar-refractivity contribution >= 4 is 11.4 Å². The van der Waals surface area contributed by atoms with Gasteiger partial charge in [0, 0.05) is 18.7 Å². The topological polar surface area (TPSA) is 43.6 Å². The van der Waals surface area contributed by atoms with Crippen LogP contribution >= 0.6 is 0 Å². The second-order valence-electron chi connectivity index (χ2n) is 4.06. The molecular formula is C13H14F2N2O2. The third kappa shape index (κ3) is 2.72. The molecule has 102 valence electrons. The van der Waals surface area contributed by atoms with E-state index < -0.39 is 19.5 Å². The Morgan fingerprint density at radius 3 is 2.84 bits per heavy atom. The van der Waals surface area contributed by atoms with Crippen molar-refractivity contribution in [3.05, 3.63) is 30.2 Å². The number of aromatic nitrogens is 2. The zero-order valence-corrected chi connectivity index (χ0v) is 10.5. The number of halogens is 2. The molecule has 0 aliphatic rings. The van der Waals surface area contributed by atoms with Crippen LogP contribution in [0.25, 0.3) is 5.65 Å². The average Bonchev–Trinajstić information content (AvgIpc) is 2.86. The second kappa shape index (κ2) is 5.77. The number of rotatable bonds is 6. The molecule has 0 unspecified atom stereocenters. The van der Waals surface area contributed by atoms with E-state index in [-0.39, 0.29) is 5.78 Å². The molecule has 2 rings (SSSR count). The summed E-state index contributed by atoms with van der Waals surface area (Å²) in [6.45, 7) is -0.0162. The Hall–Kier alpha value is -1.98. The Labute approximate surface area is 109 Å². The highest BCUT2D eigenvalue weighted by molar-refractivity contribution is 5.94. The SMILES string of the molecule is CCC(=O)c1cnc2cc(OC(CF)CF)ccn12. The fraction of sp³-hybridized carbons (Fsp3) is 0.385. The smallest absolute Gasteiger partial charge is 0.180 e. The number of hydrogen-bond acceptors (Lipinski definition) is 3. The fourth-order valence-electron chi connectivity index (χ4n) is 1.72. The Kier molecular flexibility index (Phi) is 4.09. The first-order valence-electron chi connectivity index (χ1n) is 5.98. The summed E-state index contributed by atoms with van der Waals surface area (Å²) in [6, 6.07) is 3.10. The number of imidazole rings is 1. The van der Waals surface area contributed by atoms with Crippen LogP contribution in [0.15, 0.2) is 24.5 Å². The standard InChI is InChI=1S/C13H14F2N2O2/c1-2-12(18)11-8-16-13-5-9(3-4-17(11)13)19-10(6-14)7-15/h3-5,8,10H,2,6-7H2,1H3. The summed E-state index contributed by atoms with van der Waals surface area (Å²) in [5.41, 5.74) is 0.988. The van der Waals surface area contributed by atoms with Gasteiger partial charge in [-0.25, -0.2) is 13.8 Å². The summed E-state index contributed by atoms with van der Waals surface area (Å²) >= 11 is 0. The average molecular weight is 268 g/mol. The van der Waals surface area contributed by atoms with E-state index in [9.17, 15) is 13.6 Å². The van der Waals surface area contributed by atoms with E-state index in [4.69, 9.17) is 4.74 Å². The van der Waals surface area contributed by atoms with Gasteiger partial charge in [-0.05, 0) is 6.07 Å². The number of Topliss-reactive ketones (excluding diaryl/α,β-unsaturated/α-hetero) is 1. The lowest BCUT2D eigenvalue weighted by atomic mass is 10.2. The molecule has 0 N–H and O–H groups in total. The Balaban J connectivity index is 2.30. The Morgan fingerprint density at radius 1 is 1.47 bits per heavy atom. The molecule has 19 heavy (non-hydrogen) atoms. The number of carbonyl (C=O) groups is 1. The number of hydrogen-bond donors (Lipinski definition) is 0. The maximum absolute atomic E-state index is 12.4. The van der Waals surface area contributed by atoms with Crippen LogP contribution in [0, 0.1) is 0 Å². The highest BCUT2D eigenvalue weighted by atomic mass is 19.1. The zero-order valence-electron chi connectivity index (χ0n) is 10.5. The molecule has 0 saturated heterocycles. The third-order valence-corrected chi connectivity index (χ3v) is 2.74. The van der Waals surface area contributed by atoms with E-state index in [0.717, 1.165) is 0 Å². The molecule has 0 fully saturated rings. The summed E-state index contributed by atoms with van der Waals surface area (Å²) in [5.74, 6) is 0.306. The van der Waals surface area contributed by atoms with Gasteiger partial charge in [0.05, 0.1) is 6.20 Å². The van der Waals surface area contributed by atoms with Gasteiger partial charge in [0.2, 0.25) is 0 Å². The lowest BCUT2D eigenvalue weighted by Crippen LogP contribution is -2.21. The van der Waals surface area contributed by atoms with Gasteiger partial charge in [-0.1, -0.05) is 6.92 Å². The van der Waals surface area contributed by atoms with Gasteiger partial charge >= 0.3 is 0 Å². The van der Waals surface area contributed by atoms with E-state index >= 15 is 0 Å². The van der Waals surface area contributed by atoms with Crippen molar-refractivity contribution < 1.29 is 18.3 Å². The highest BCUT2D eigenvalue weighted by Crippen LogP contribution is 2.18. The molecule has 0 aliphatic carbocycles. The van der Waals surface area contributed by atoms with Crippen LogP contribution in [0.3, 0.4) is 0 Å². The van der Waals surface area contributed by atoms with Crippen molar-refractivity contribution in [2.75, 3.05) is 13.3 Å². The number of carbonyl (C=O) groups excluding carboxylic acids is 1. The predicted octanol–water partition coefficient (Wildman–Crippen LogP) is 2.61. The number of nitrogens with zero attached hydrogens (tertiary/aromatic N) is 2. The maximum atomic E-state index is 12.4. The molecule has 4 nitrogen and oxygen atoms in total. The molecular weight excluding hydrogens is 254 g/mol. The number of ether oxygens (including phenoxy) is 1. The van der Waals surface area contributed by atoms with Gasteiger partial charge < -0.3 is 4.74 Å². The van der Waals surface area contributed by atoms with Crippen LogP contribution in [0.2, 0.25) is 0 Å². The molecule has 0 radical (unpaired) electrons. The largest absolute Gasteiger partial charge is 0.485 e. The van der Waals surface area contributed by atoms with Crippen LogP contribution < -0.4 is 4.74 Å². The monoisotopic (exact) mass is 268 g/mol. The molecule has 0 saturated carbocycles. The minimum atomic E-state index is -1.10. The van der Waals surface area contributed by atoms with Crippen LogP contribution in [0.1, 0.15) is 23.8 Å². The van der Waals surface area contributed by atoms with E-state index in [0.29, 0.717) is 23.5 Å². The minimum absolute atomic E-state index is 0.0217. The second-order valence-corrected chi connectivity index (χ2v) is 4.06. The Morgan fingerprint density at radius 2 is 2.21 bits per heavy atom. The molecule has 0 amide bonds. The number of pyridine rings is 1. The number of alkyl halides is 2. The predicted molar refractivity (Wildman–Crippen MR) is 66.2 cm³/mol. The summed E-state index contributed by atoms with van der Waals surface area (Å²) in [6.07, 6.45) is 2.37. The summed E-state index contributed by atoms with van der Waals surface area (Å²) in [7, 11) is 0. The lowest BCUT2D eigenvalue weighted by molar-refractivity contribution is 0.0982. The zero-order chi connectivity index (χ0) is 13.8. The molecule has 2 aromatic heterocycles. The third-order valence-electron chi connectivity index (χ3n) is 2.74. The number of ketones is 1. The van der Waals surface area contributed by atoms with Crippen molar-refractivity contribution in [3.8, 4) is 5.75 Å². The first-order chi connectivity index (χ1) is 9.19. The van der Waals surface area contributed by atoms with E-state index in [1.807, 2.05) is 0 Å². The van der Waals surface area contributed by atoms with Gasteiger partial charge in [0.1, 0.15) is 30.4 Å². The quantitative estimate of drug-likeness (QED) is 0.756. The van der Waals surface area contributed by atoms with E-state index in [1.165, 1.54) is 6.20 Å². The molecule has 0 spiro atoms. The molecule has 0 atom stereocenters. The maximum Gasteiger partial charge on any atom is 0.180 e. The summed E-state index contributed by atoms with van der Waals surface area (Å²) in [5, 5.41) is 0. The van der Waals surface area contributed by atoms with Crippen molar-refractivity contribution in [2.45, 2.75) is 19.4 Å². The first-order valence-corrected chi connectivity index (χ1v) is 5.98. The van der Waals surface area contributed by atoms with Crippen LogP contribution in [0.4, 0.5) is 8.78 Å². The molecule has 0 bridgehead atoms. The van der Waals surface area contributed by atoms with Crippen molar-refractivity contribution in [3.63, 3.8) is 0 Å². The van der Waals surface area contributed by atoms with Gasteiger partial charge in [0.25, 0.3) is 0 Å². The molecule has 6 heteroatoms. The van der Waals surface area contributed by atoms with Crippen molar-refractivity contribution in [1.29, 1.82) is 0 Å². The molecule has 0 aliphatic heterocycles. The summed E-state index contributed by atoms with van der Waals surface area (Å²) in [4.78, 5) is 15.7. The molecule has 2 heterocycles. The van der Waals surface area contributed by atoms with Crippen LogP contribution in [-0.4, -0.2) is 34.6 Å². The van der Waals surface area contributed by atoms with Crippen LogP contribution in [0.5, 0.6) is 5.75 Å². The fourth-order valence-corrected chi connectivity index (χ4v) is 1.72. The van der Waals surface area contributed by atoms with Gasteiger partial charge in [-0.2, -0.15) is 0 Å². The molecule has 2 aromatic rings. The highest BCUT2D eigenvalue weighted by Gasteiger charge is 2.13. The Bertz CT molecular complexity index is 579. The number of fused-ring (bicyclic) bond motifs is 1. The van der Waals surface area contributed by atoms with Gasteiger partial charge in [0.15, 0.2) is 11.9 Å². The van der Waals surface area contributed by atoms with Crippen molar-refractivity contribution in [2.24, 2.45) is 0 Å².